The van der Waals surface area contributed by atoms with Crippen LogP contribution in [0.25, 0.3) is 22.2 Å². The molecule has 43 heavy (non-hydrogen) atoms. The summed E-state index contributed by atoms with van der Waals surface area (Å²) in [5, 5.41) is 0. The van der Waals surface area contributed by atoms with Gasteiger partial charge in [-0.1, -0.05) is 111 Å². The van der Waals surface area contributed by atoms with Crippen LogP contribution >= 0.6 is 0 Å². The van der Waals surface area contributed by atoms with Crippen molar-refractivity contribution >= 4 is 16.8 Å². The van der Waals surface area contributed by atoms with Crippen molar-refractivity contribution in [3.8, 4) is 11.1 Å². The zero-order chi connectivity index (χ0) is 30.2. The predicted molar refractivity (Wildman–Crippen MR) is 181 cm³/mol. The quantitative estimate of drug-likeness (QED) is 0.144. The van der Waals surface area contributed by atoms with Gasteiger partial charge in [-0.05, 0) is 90.6 Å². The van der Waals surface area contributed by atoms with E-state index in [1.54, 1.807) is 0 Å². The molecular weight excluding hydrogens is 524 g/mol. The number of aromatic amines is 1. The van der Waals surface area contributed by atoms with E-state index in [1.807, 2.05) is 6.92 Å². The molecule has 5 aromatic rings. The molecule has 1 atom stereocenters. The molecule has 1 N–H and O–H groups in total. The van der Waals surface area contributed by atoms with Crippen molar-refractivity contribution in [2.24, 2.45) is 0 Å². The second kappa shape index (κ2) is 14.3. The van der Waals surface area contributed by atoms with Crippen LogP contribution in [0.2, 0.25) is 0 Å². The molecule has 0 saturated heterocycles. The zero-order valence-electron chi connectivity index (χ0n) is 26.1. The number of nitrogens with zero attached hydrogens (tertiary/aromatic N) is 1. The van der Waals surface area contributed by atoms with Gasteiger partial charge in [-0.15, -0.1) is 0 Å². The monoisotopic (exact) mass is 568 g/mol. The summed E-state index contributed by atoms with van der Waals surface area (Å²) in [5.41, 5.74) is 12.4. The fourth-order valence-corrected chi connectivity index (χ4v) is 6.15. The molecule has 4 aromatic carbocycles. The Labute approximate surface area is 257 Å². The lowest BCUT2D eigenvalue weighted by molar-refractivity contribution is -0.118. The summed E-state index contributed by atoms with van der Waals surface area (Å²) in [4.78, 5) is 21.0. The molecule has 1 aromatic heterocycles. The molecule has 0 spiro atoms. The molecule has 3 heteroatoms. The van der Waals surface area contributed by atoms with Crippen molar-refractivity contribution in [3.63, 3.8) is 0 Å². The van der Waals surface area contributed by atoms with E-state index < -0.39 is 0 Å². The minimum atomic E-state index is 0.340. The van der Waals surface area contributed by atoms with Crippen LogP contribution in [-0.2, 0) is 17.6 Å². The first-order valence-electron chi connectivity index (χ1n) is 15.8. The van der Waals surface area contributed by atoms with Gasteiger partial charge in [-0.3, -0.25) is 4.79 Å². The maximum Gasteiger partial charge on any atom is 0.136 e. The number of aryl methyl sites for hydroxylation is 3. The van der Waals surface area contributed by atoms with Crippen LogP contribution in [0.1, 0.15) is 85.5 Å². The molecule has 3 nitrogen and oxygen atoms in total. The van der Waals surface area contributed by atoms with E-state index in [1.165, 1.54) is 44.5 Å². The Kier molecular flexibility index (Phi) is 10.0. The van der Waals surface area contributed by atoms with Gasteiger partial charge < -0.3 is 4.98 Å². The number of fused-ring (bicyclic) bond motifs is 1. The van der Waals surface area contributed by atoms with E-state index in [9.17, 15) is 4.79 Å². The van der Waals surface area contributed by atoms with Gasteiger partial charge in [0.2, 0.25) is 0 Å². The van der Waals surface area contributed by atoms with Crippen LogP contribution in [0.15, 0.2) is 103 Å². The highest BCUT2D eigenvalue weighted by Crippen LogP contribution is 2.29. The van der Waals surface area contributed by atoms with Crippen molar-refractivity contribution in [3.05, 3.63) is 136 Å². The van der Waals surface area contributed by atoms with Crippen molar-refractivity contribution in [1.82, 2.24) is 9.97 Å². The third-order valence-electron chi connectivity index (χ3n) is 8.61. The van der Waals surface area contributed by atoms with Gasteiger partial charge in [0.15, 0.2) is 0 Å². The summed E-state index contributed by atoms with van der Waals surface area (Å²) in [6.45, 7) is 8.64. The fraction of sp³-hybridized carbons (Fsp3) is 0.300. The molecule has 0 bridgehead atoms. The number of aromatic nitrogens is 2. The number of imidazole rings is 1. The van der Waals surface area contributed by atoms with Gasteiger partial charge in [0, 0.05) is 18.8 Å². The molecular formula is C40H44N2O. The molecule has 0 aliphatic heterocycles. The largest absolute Gasteiger partial charge is 0.342 e. The second-order valence-electron chi connectivity index (χ2n) is 11.9. The van der Waals surface area contributed by atoms with Gasteiger partial charge in [0.05, 0.1) is 11.0 Å². The first kappa shape index (κ1) is 30.2. The average Bonchev–Trinajstić information content (AvgIpc) is 3.40. The molecule has 1 unspecified atom stereocenters. The van der Waals surface area contributed by atoms with Gasteiger partial charge in [-0.25, -0.2) is 4.98 Å². The highest BCUT2D eigenvalue weighted by atomic mass is 16.1. The highest BCUT2D eigenvalue weighted by molar-refractivity contribution is 5.82. The molecule has 0 radical (unpaired) electrons. The Bertz CT molecular complexity index is 1710. The minimum Gasteiger partial charge on any atom is -0.342 e. The van der Waals surface area contributed by atoms with Crippen molar-refractivity contribution in [1.29, 1.82) is 0 Å². The molecule has 0 amide bonds. The van der Waals surface area contributed by atoms with E-state index >= 15 is 0 Å². The number of Topliss-reactive ketones (excluding diaryl/α,β-unsaturated/α-hetero) is 1. The summed E-state index contributed by atoms with van der Waals surface area (Å²) in [7, 11) is 0. The molecule has 220 valence electrons. The van der Waals surface area contributed by atoms with E-state index in [0.717, 1.165) is 49.0 Å². The summed E-state index contributed by atoms with van der Waals surface area (Å²) >= 11 is 0. The fourth-order valence-electron chi connectivity index (χ4n) is 6.15. The number of carbonyl (C=O) groups is 1. The highest BCUT2D eigenvalue weighted by Gasteiger charge is 2.13. The van der Waals surface area contributed by atoms with E-state index in [-0.39, 0.29) is 0 Å². The number of ketones is 1. The number of carbonyl (C=O) groups excluding carboxylic acids is 1. The Morgan fingerprint density at radius 3 is 2.42 bits per heavy atom. The Morgan fingerprint density at radius 2 is 1.60 bits per heavy atom. The van der Waals surface area contributed by atoms with E-state index in [2.05, 4.69) is 128 Å². The summed E-state index contributed by atoms with van der Waals surface area (Å²) in [5.74, 6) is 1.62. The lowest BCUT2D eigenvalue weighted by atomic mass is 9.88. The van der Waals surface area contributed by atoms with E-state index in [4.69, 9.17) is 0 Å². The lowest BCUT2D eigenvalue weighted by Crippen LogP contribution is -2.04. The maximum absolute atomic E-state index is 13.1. The van der Waals surface area contributed by atoms with Gasteiger partial charge >= 0.3 is 0 Å². The minimum absolute atomic E-state index is 0.340. The molecule has 1 heterocycles. The number of hydrogen-bond donors (Lipinski definition) is 1. The first-order chi connectivity index (χ1) is 20.9. The Morgan fingerprint density at radius 1 is 0.860 bits per heavy atom. The van der Waals surface area contributed by atoms with Crippen molar-refractivity contribution < 1.29 is 4.79 Å². The number of rotatable bonds is 13. The third-order valence-corrected chi connectivity index (χ3v) is 8.61. The summed E-state index contributed by atoms with van der Waals surface area (Å²) < 4.78 is 0. The first-order valence-corrected chi connectivity index (χ1v) is 15.8. The van der Waals surface area contributed by atoms with Crippen LogP contribution in [-0.4, -0.2) is 15.8 Å². The SMILES string of the molecule is CCC/C(=C\Cc1cc(-c2ccc3nc(C)[nH]c3c2)ccc1C)CC(=O)CCCc1ccccc1C(C)c1ccccc1. The van der Waals surface area contributed by atoms with Crippen LogP contribution < -0.4 is 0 Å². The molecule has 5 rings (SSSR count). The van der Waals surface area contributed by atoms with Crippen molar-refractivity contribution in [2.45, 2.75) is 78.6 Å². The topological polar surface area (TPSA) is 45.8 Å². The van der Waals surface area contributed by atoms with Crippen LogP contribution in [0, 0.1) is 13.8 Å². The summed E-state index contributed by atoms with van der Waals surface area (Å²) in [6.07, 6.45) is 8.18. The molecule has 0 fully saturated rings. The predicted octanol–water partition coefficient (Wildman–Crippen LogP) is 10.2. The molecule has 0 aliphatic carbocycles. The standard InChI is InChI=1S/C40H44N2O/c1-5-12-31(20-22-34-26-35(21-19-28(34)2)36-23-24-39-40(27-36)42-30(4)41-39)25-37(43)17-11-16-33-15-9-10-18-38(33)29(3)32-13-7-6-8-14-32/h6-10,13-15,18-21,23-24,26-27,29H,5,11-12,16-17,22,25H2,1-4H3,(H,41,42)/b31-20+. The Hall–Kier alpha value is -4.24. The number of hydrogen-bond acceptors (Lipinski definition) is 2. The van der Waals surface area contributed by atoms with Crippen LogP contribution in [0.3, 0.4) is 0 Å². The van der Waals surface area contributed by atoms with Crippen LogP contribution in [0.5, 0.6) is 0 Å². The van der Waals surface area contributed by atoms with Gasteiger partial charge in [0.1, 0.15) is 11.6 Å². The second-order valence-corrected chi connectivity index (χ2v) is 11.9. The Balaban J connectivity index is 1.21. The van der Waals surface area contributed by atoms with Crippen LogP contribution in [0.4, 0.5) is 0 Å². The van der Waals surface area contributed by atoms with Gasteiger partial charge in [0.25, 0.3) is 0 Å². The van der Waals surface area contributed by atoms with Gasteiger partial charge in [-0.2, -0.15) is 0 Å². The number of benzene rings is 4. The smallest absolute Gasteiger partial charge is 0.136 e. The summed E-state index contributed by atoms with van der Waals surface area (Å²) in [6, 6.07) is 32.5. The molecule has 0 aliphatic rings. The average molecular weight is 569 g/mol. The van der Waals surface area contributed by atoms with E-state index in [0.29, 0.717) is 24.5 Å². The third kappa shape index (κ3) is 7.78. The van der Waals surface area contributed by atoms with Crippen molar-refractivity contribution in [2.75, 3.05) is 0 Å². The zero-order valence-corrected chi connectivity index (χ0v) is 26.1. The lowest BCUT2D eigenvalue weighted by Gasteiger charge is -2.17. The normalized spacial score (nSPS) is 12.5. The number of H-pyrrole nitrogens is 1. The molecule has 0 saturated carbocycles. The number of nitrogens with one attached hydrogen (secondary N) is 1. The number of allylic oxidation sites excluding steroid dienone is 2. The maximum atomic E-state index is 13.1.